The molecule has 0 aromatic carbocycles. The Balaban J connectivity index is 1.92. The van der Waals surface area contributed by atoms with E-state index in [1.54, 1.807) is 0 Å². The number of hydrogen-bond acceptors (Lipinski definition) is 2. The second-order valence-corrected chi connectivity index (χ2v) is 5.48. The van der Waals surface area contributed by atoms with Gasteiger partial charge in [0.05, 0.1) is 12.2 Å². The Bertz CT molecular complexity index is 514. The molecule has 0 fully saturated rings. The van der Waals surface area contributed by atoms with Crippen LogP contribution >= 0.6 is 0 Å². The molecule has 2 heterocycles. The molecular formula is C16H23N3. The topological polar surface area (TPSA) is 29.9 Å². The number of rotatable bonds is 6. The summed E-state index contributed by atoms with van der Waals surface area (Å²) < 4.78 is 2.20. The van der Waals surface area contributed by atoms with E-state index in [1.165, 1.54) is 11.1 Å². The van der Waals surface area contributed by atoms with Gasteiger partial charge in [0.2, 0.25) is 0 Å². The van der Waals surface area contributed by atoms with Gasteiger partial charge < -0.3 is 9.88 Å². The number of hydrogen-bond donors (Lipinski definition) is 1. The van der Waals surface area contributed by atoms with Gasteiger partial charge in [0.1, 0.15) is 0 Å². The van der Waals surface area contributed by atoms with Crippen molar-refractivity contribution in [2.24, 2.45) is 5.92 Å². The summed E-state index contributed by atoms with van der Waals surface area (Å²) >= 11 is 0. The Kier molecular flexibility index (Phi) is 4.74. The Morgan fingerprint density at radius 3 is 2.89 bits per heavy atom. The van der Waals surface area contributed by atoms with E-state index in [1.807, 2.05) is 12.3 Å². The van der Waals surface area contributed by atoms with Crippen LogP contribution in [0.2, 0.25) is 0 Å². The fraction of sp³-hybridized carbons (Fsp3) is 0.438. The van der Waals surface area contributed by atoms with E-state index in [9.17, 15) is 0 Å². The maximum absolute atomic E-state index is 4.43. The zero-order valence-corrected chi connectivity index (χ0v) is 12.1. The van der Waals surface area contributed by atoms with Crippen molar-refractivity contribution < 1.29 is 0 Å². The van der Waals surface area contributed by atoms with Crippen molar-refractivity contribution in [3.05, 3.63) is 53.6 Å². The molecule has 102 valence electrons. The van der Waals surface area contributed by atoms with E-state index in [-0.39, 0.29) is 0 Å². The Labute approximate surface area is 115 Å². The summed E-state index contributed by atoms with van der Waals surface area (Å²) in [6.45, 7) is 9.40. The third-order valence-corrected chi connectivity index (χ3v) is 3.14. The van der Waals surface area contributed by atoms with Crippen LogP contribution in [0.5, 0.6) is 0 Å². The van der Waals surface area contributed by atoms with E-state index < -0.39 is 0 Å². The number of aryl methyl sites for hydroxylation is 1. The summed E-state index contributed by atoms with van der Waals surface area (Å²) in [5.74, 6) is 0.693. The second kappa shape index (κ2) is 6.53. The number of aromatic nitrogens is 2. The van der Waals surface area contributed by atoms with Crippen molar-refractivity contribution >= 4 is 0 Å². The van der Waals surface area contributed by atoms with Gasteiger partial charge in [-0.15, -0.1) is 0 Å². The molecule has 2 aromatic rings. The lowest BCUT2D eigenvalue weighted by Crippen LogP contribution is -2.18. The quantitative estimate of drug-likeness (QED) is 0.862. The molecule has 0 saturated carbocycles. The standard InChI is InChI=1S/C16H23N3/c1-13(2)9-17-10-15-6-8-19(11-15)12-16-14(3)5-4-7-18-16/h4-8,11,13,17H,9-10,12H2,1-3H3. The minimum absolute atomic E-state index is 0.693. The van der Waals surface area contributed by atoms with E-state index in [0.717, 1.165) is 25.3 Å². The zero-order valence-electron chi connectivity index (χ0n) is 12.1. The van der Waals surface area contributed by atoms with Crippen LogP contribution in [0.1, 0.15) is 30.7 Å². The van der Waals surface area contributed by atoms with Gasteiger partial charge in [0.25, 0.3) is 0 Å². The minimum atomic E-state index is 0.693. The van der Waals surface area contributed by atoms with Crippen LogP contribution in [0.15, 0.2) is 36.8 Å². The van der Waals surface area contributed by atoms with Crippen LogP contribution in [0.3, 0.4) is 0 Å². The van der Waals surface area contributed by atoms with Gasteiger partial charge in [-0.05, 0) is 42.6 Å². The highest BCUT2D eigenvalue weighted by molar-refractivity contribution is 5.19. The number of nitrogens with zero attached hydrogens (tertiary/aromatic N) is 2. The van der Waals surface area contributed by atoms with Crippen LogP contribution in [-0.2, 0) is 13.1 Å². The van der Waals surface area contributed by atoms with Gasteiger partial charge in [0, 0.05) is 25.1 Å². The molecule has 0 aliphatic carbocycles. The summed E-state index contributed by atoms with van der Waals surface area (Å²) in [6.07, 6.45) is 6.18. The van der Waals surface area contributed by atoms with Gasteiger partial charge in [-0.25, -0.2) is 0 Å². The lowest BCUT2D eigenvalue weighted by molar-refractivity contribution is 0.552. The van der Waals surface area contributed by atoms with Crippen molar-refractivity contribution in [1.29, 1.82) is 0 Å². The third-order valence-electron chi connectivity index (χ3n) is 3.14. The first-order chi connectivity index (χ1) is 9.15. The first kappa shape index (κ1) is 13.8. The van der Waals surface area contributed by atoms with Gasteiger partial charge in [-0.3, -0.25) is 4.98 Å². The first-order valence-electron chi connectivity index (χ1n) is 6.91. The van der Waals surface area contributed by atoms with Crippen LogP contribution in [0, 0.1) is 12.8 Å². The average Bonchev–Trinajstić information content (AvgIpc) is 2.79. The molecule has 0 saturated heterocycles. The van der Waals surface area contributed by atoms with Crippen molar-refractivity contribution in [3.8, 4) is 0 Å². The predicted octanol–water partition coefficient (Wildman–Crippen LogP) is 2.99. The van der Waals surface area contributed by atoms with Crippen molar-refractivity contribution in [2.75, 3.05) is 6.54 Å². The smallest absolute Gasteiger partial charge is 0.0645 e. The fourth-order valence-electron chi connectivity index (χ4n) is 2.06. The molecule has 3 heteroatoms. The van der Waals surface area contributed by atoms with Crippen molar-refractivity contribution in [3.63, 3.8) is 0 Å². The van der Waals surface area contributed by atoms with Gasteiger partial charge >= 0.3 is 0 Å². The summed E-state index contributed by atoms with van der Waals surface area (Å²) in [5.41, 5.74) is 3.71. The molecule has 19 heavy (non-hydrogen) atoms. The van der Waals surface area contributed by atoms with Crippen molar-refractivity contribution in [1.82, 2.24) is 14.9 Å². The minimum Gasteiger partial charge on any atom is -0.348 e. The van der Waals surface area contributed by atoms with Crippen LogP contribution in [0.4, 0.5) is 0 Å². The van der Waals surface area contributed by atoms with E-state index in [4.69, 9.17) is 0 Å². The van der Waals surface area contributed by atoms with Crippen LogP contribution < -0.4 is 5.32 Å². The Hall–Kier alpha value is -1.61. The lowest BCUT2D eigenvalue weighted by atomic mass is 10.2. The average molecular weight is 257 g/mol. The molecule has 2 aromatic heterocycles. The van der Waals surface area contributed by atoms with E-state index in [2.05, 4.69) is 60.2 Å². The summed E-state index contributed by atoms with van der Waals surface area (Å²) in [7, 11) is 0. The number of pyridine rings is 1. The highest BCUT2D eigenvalue weighted by Crippen LogP contribution is 2.08. The molecule has 3 nitrogen and oxygen atoms in total. The Morgan fingerprint density at radius 2 is 2.16 bits per heavy atom. The maximum Gasteiger partial charge on any atom is 0.0645 e. The molecule has 0 unspecified atom stereocenters. The van der Waals surface area contributed by atoms with E-state index in [0.29, 0.717) is 5.92 Å². The summed E-state index contributed by atoms with van der Waals surface area (Å²) in [5, 5.41) is 3.46. The first-order valence-corrected chi connectivity index (χ1v) is 6.91. The van der Waals surface area contributed by atoms with Crippen molar-refractivity contribution in [2.45, 2.75) is 33.9 Å². The summed E-state index contributed by atoms with van der Waals surface area (Å²) in [6, 6.07) is 6.26. The Morgan fingerprint density at radius 1 is 1.32 bits per heavy atom. The SMILES string of the molecule is Cc1cccnc1Cn1ccc(CNCC(C)C)c1. The highest BCUT2D eigenvalue weighted by Gasteiger charge is 2.02. The molecular weight excluding hydrogens is 234 g/mol. The molecule has 0 radical (unpaired) electrons. The largest absolute Gasteiger partial charge is 0.348 e. The monoisotopic (exact) mass is 257 g/mol. The molecule has 2 rings (SSSR count). The van der Waals surface area contributed by atoms with Gasteiger partial charge in [-0.1, -0.05) is 19.9 Å². The second-order valence-electron chi connectivity index (χ2n) is 5.48. The molecule has 1 N–H and O–H groups in total. The molecule has 0 aliphatic heterocycles. The van der Waals surface area contributed by atoms with Gasteiger partial charge in [-0.2, -0.15) is 0 Å². The molecule has 0 bridgehead atoms. The van der Waals surface area contributed by atoms with E-state index >= 15 is 0 Å². The van der Waals surface area contributed by atoms with Gasteiger partial charge in [0.15, 0.2) is 0 Å². The van der Waals surface area contributed by atoms with Crippen LogP contribution in [-0.4, -0.2) is 16.1 Å². The molecule has 0 atom stereocenters. The van der Waals surface area contributed by atoms with Crippen LogP contribution in [0.25, 0.3) is 0 Å². The summed E-state index contributed by atoms with van der Waals surface area (Å²) in [4.78, 5) is 4.43. The molecule has 0 aliphatic rings. The highest BCUT2D eigenvalue weighted by atomic mass is 15.0. The predicted molar refractivity (Wildman–Crippen MR) is 79.1 cm³/mol. The molecule has 0 amide bonds. The fourth-order valence-corrected chi connectivity index (χ4v) is 2.06. The maximum atomic E-state index is 4.43. The zero-order chi connectivity index (χ0) is 13.7. The molecule has 0 spiro atoms. The normalized spacial score (nSPS) is 11.2. The lowest BCUT2D eigenvalue weighted by Gasteiger charge is -2.06. The number of nitrogens with one attached hydrogen (secondary N) is 1. The third kappa shape index (κ3) is 4.21.